The lowest BCUT2D eigenvalue weighted by atomic mass is 9.92. The zero-order valence-corrected chi connectivity index (χ0v) is 17.8. The van der Waals surface area contributed by atoms with E-state index in [1.165, 1.54) is 4.88 Å². The van der Waals surface area contributed by atoms with Gasteiger partial charge in [0, 0.05) is 42.3 Å². The first-order valence-electron chi connectivity index (χ1n) is 8.14. The number of halogens is 1. The Kier molecular flexibility index (Phi) is 9.35. The molecule has 0 saturated carbocycles. The summed E-state index contributed by atoms with van der Waals surface area (Å²) in [5, 5.41) is 8.85. The van der Waals surface area contributed by atoms with Gasteiger partial charge in [0.2, 0.25) is 0 Å². The topological polar surface area (TPSA) is 54.2 Å². The van der Waals surface area contributed by atoms with Crippen LogP contribution in [0.3, 0.4) is 0 Å². The minimum absolute atomic E-state index is 0. The third kappa shape index (κ3) is 6.80. The highest BCUT2D eigenvalue weighted by Crippen LogP contribution is 2.27. The summed E-state index contributed by atoms with van der Waals surface area (Å²) < 4.78 is 2.09. The monoisotopic (exact) mass is 461 g/mol. The van der Waals surface area contributed by atoms with Gasteiger partial charge in [-0.3, -0.25) is 4.99 Å². The van der Waals surface area contributed by atoms with E-state index in [0.29, 0.717) is 0 Å². The van der Waals surface area contributed by atoms with E-state index >= 15 is 0 Å². The second-order valence-electron chi connectivity index (χ2n) is 6.14. The standard InChI is InChI=1S/C17H27N5S.HI/c1-4-19-16(20-8-6-10-22-11-9-18-14-22)21-13-17(2,3)15-7-5-12-23-15;/h5,7,9,11-12,14H,4,6,8,10,13H2,1-3H3,(H2,19,20,21);1H. The number of rotatable bonds is 8. The quantitative estimate of drug-likeness (QED) is 0.274. The SMILES string of the molecule is CCNC(=NCC(C)(C)c1cccs1)NCCCn1ccnc1.I. The summed E-state index contributed by atoms with van der Waals surface area (Å²) in [7, 11) is 0. The molecule has 0 unspecified atom stereocenters. The molecule has 134 valence electrons. The number of nitrogens with one attached hydrogen (secondary N) is 2. The van der Waals surface area contributed by atoms with Crippen LogP contribution in [0.1, 0.15) is 32.1 Å². The van der Waals surface area contributed by atoms with Crippen molar-refractivity contribution in [3.05, 3.63) is 41.1 Å². The molecule has 0 fully saturated rings. The van der Waals surface area contributed by atoms with Gasteiger partial charge in [0.25, 0.3) is 0 Å². The Bertz CT molecular complexity index is 578. The molecule has 0 saturated heterocycles. The van der Waals surface area contributed by atoms with Gasteiger partial charge < -0.3 is 15.2 Å². The van der Waals surface area contributed by atoms with Crippen molar-refractivity contribution in [2.24, 2.45) is 4.99 Å². The molecule has 2 aromatic heterocycles. The van der Waals surface area contributed by atoms with Crippen molar-refractivity contribution in [2.45, 2.75) is 39.2 Å². The van der Waals surface area contributed by atoms with Gasteiger partial charge in [-0.25, -0.2) is 4.98 Å². The van der Waals surface area contributed by atoms with E-state index < -0.39 is 0 Å². The number of hydrogen-bond donors (Lipinski definition) is 2. The molecule has 2 heterocycles. The van der Waals surface area contributed by atoms with Crippen LogP contribution in [0.4, 0.5) is 0 Å². The molecule has 0 atom stereocenters. The molecular weight excluding hydrogens is 433 g/mol. The van der Waals surface area contributed by atoms with Crippen LogP contribution in [0.5, 0.6) is 0 Å². The Balaban J connectivity index is 0.00000288. The Morgan fingerprint density at radius 1 is 1.38 bits per heavy atom. The van der Waals surface area contributed by atoms with Gasteiger partial charge in [-0.05, 0) is 24.8 Å². The fraction of sp³-hybridized carbons (Fsp3) is 0.529. The van der Waals surface area contributed by atoms with Crippen LogP contribution in [0.25, 0.3) is 0 Å². The molecule has 0 aliphatic heterocycles. The first-order chi connectivity index (χ1) is 11.1. The molecule has 2 rings (SSSR count). The average Bonchev–Trinajstić information content (AvgIpc) is 3.22. The zero-order valence-electron chi connectivity index (χ0n) is 14.7. The molecule has 24 heavy (non-hydrogen) atoms. The summed E-state index contributed by atoms with van der Waals surface area (Å²) >= 11 is 1.80. The predicted molar refractivity (Wildman–Crippen MR) is 114 cm³/mol. The van der Waals surface area contributed by atoms with Gasteiger partial charge >= 0.3 is 0 Å². The molecule has 0 spiro atoms. The lowest BCUT2D eigenvalue weighted by molar-refractivity contribution is 0.547. The van der Waals surface area contributed by atoms with Crippen LogP contribution in [0, 0.1) is 0 Å². The Hall–Kier alpha value is -1.09. The van der Waals surface area contributed by atoms with Crippen molar-refractivity contribution in [3.63, 3.8) is 0 Å². The van der Waals surface area contributed by atoms with E-state index in [1.54, 1.807) is 11.3 Å². The van der Waals surface area contributed by atoms with Crippen LogP contribution < -0.4 is 10.6 Å². The lowest BCUT2D eigenvalue weighted by Crippen LogP contribution is -2.39. The van der Waals surface area contributed by atoms with Crippen molar-refractivity contribution < 1.29 is 0 Å². The minimum Gasteiger partial charge on any atom is -0.357 e. The van der Waals surface area contributed by atoms with Crippen LogP contribution in [-0.2, 0) is 12.0 Å². The van der Waals surface area contributed by atoms with Gasteiger partial charge in [-0.1, -0.05) is 19.9 Å². The molecule has 7 heteroatoms. The average molecular weight is 461 g/mol. The van der Waals surface area contributed by atoms with E-state index in [-0.39, 0.29) is 29.4 Å². The molecule has 0 aromatic carbocycles. The molecule has 0 amide bonds. The van der Waals surface area contributed by atoms with Crippen molar-refractivity contribution >= 4 is 41.3 Å². The Labute approximate surface area is 166 Å². The fourth-order valence-corrected chi connectivity index (χ4v) is 3.09. The maximum Gasteiger partial charge on any atom is 0.191 e. The molecule has 0 radical (unpaired) electrons. The molecule has 2 aromatic rings. The number of aliphatic imine (C=N–C) groups is 1. The summed E-state index contributed by atoms with van der Waals surface area (Å²) in [6, 6.07) is 4.29. The summed E-state index contributed by atoms with van der Waals surface area (Å²) in [6.07, 6.45) is 6.69. The molecule has 0 aliphatic rings. The van der Waals surface area contributed by atoms with E-state index in [1.807, 2.05) is 18.7 Å². The summed E-state index contributed by atoms with van der Waals surface area (Å²) in [4.78, 5) is 10.2. The largest absolute Gasteiger partial charge is 0.357 e. The van der Waals surface area contributed by atoms with Gasteiger partial charge in [-0.15, -0.1) is 35.3 Å². The minimum atomic E-state index is 0. The highest BCUT2D eigenvalue weighted by Gasteiger charge is 2.21. The summed E-state index contributed by atoms with van der Waals surface area (Å²) in [6.45, 7) is 10.1. The van der Waals surface area contributed by atoms with Crippen molar-refractivity contribution in [3.8, 4) is 0 Å². The van der Waals surface area contributed by atoms with Crippen molar-refractivity contribution in [1.82, 2.24) is 20.2 Å². The number of aromatic nitrogens is 2. The Morgan fingerprint density at radius 3 is 2.83 bits per heavy atom. The second-order valence-corrected chi connectivity index (χ2v) is 7.08. The highest BCUT2D eigenvalue weighted by atomic mass is 127. The molecule has 0 aliphatic carbocycles. The van der Waals surface area contributed by atoms with Crippen LogP contribution in [0.15, 0.2) is 41.2 Å². The molecule has 5 nitrogen and oxygen atoms in total. The maximum atomic E-state index is 4.76. The summed E-state index contributed by atoms with van der Waals surface area (Å²) in [5.74, 6) is 0.891. The zero-order chi connectivity index (χ0) is 16.5. The van der Waals surface area contributed by atoms with Gasteiger partial charge in [0.05, 0.1) is 12.9 Å². The van der Waals surface area contributed by atoms with E-state index in [0.717, 1.165) is 38.6 Å². The maximum absolute atomic E-state index is 4.76. The number of guanidine groups is 1. The molecule has 2 N–H and O–H groups in total. The van der Waals surface area contributed by atoms with Crippen LogP contribution in [0.2, 0.25) is 0 Å². The highest BCUT2D eigenvalue weighted by molar-refractivity contribution is 14.0. The molecular formula is C17H28IN5S. The van der Waals surface area contributed by atoms with Crippen molar-refractivity contribution in [1.29, 1.82) is 0 Å². The second kappa shape index (κ2) is 10.7. The van der Waals surface area contributed by atoms with Gasteiger partial charge in [0.15, 0.2) is 5.96 Å². The van der Waals surface area contributed by atoms with Gasteiger partial charge in [0.1, 0.15) is 0 Å². The third-order valence-corrected chi connectivity index (χ3v) is 4.85. The number of nitrogens with zero attached hydrogens (tertiary/aromatic N) is 3. The number of thiophene rings is 1. The van der Waals surface area contributed by atoms with E-state index in [9.17, 15) is 0 Å². The molecule has 0 bridgehead atoms. The first-order valence-corrected chi connectivity index (χ1v) is 9.01. The Morgan fingerprint density at radius 2 is 2.21 bits per heavy atom. The van der Waals surface area contributed by atoms with Crippen LogP contribution in [-0.4, -0.2) is 35.1 Å². The lowest BCUT2D eigenvalue weighted by Gasteiger charge is -2.21. The normalized spacial score (nSPS) is 11.9. The predicted octanol–water partition coefficient (Wildman–Crippen LogP) is 3.49. The number of hydrogen-bond acceptors (Lipinski definition) is 3. The number of aryl methyl sites for hydroxylation is 1. The van der Waals surface area contributed by atoms with E-state index in [4.69, 9.17) is 4.99 Å². The van der Waals surface area contributed by atoms with Gasteiger partial charge in [-0.2, -0.15) is 0 Å². The first kappa shape index (κ1) is 21.0. The summed E-state index contributed by atoms with van der Waals surface area (Å²) in [5.41, 5.74) is 0.0628. The van der Waals surface area contributed by atoms with Crippen molar-refractivity contribution in [2.75, 3.05) is 19.6 Å². The fourth-order valence-electron chi connectivity index (χ4n) is 2.25. The number of imidazole rings is 1. The van der Waals surface area contributed by atoms with Crippen LogP contribution >= 0.6 is 35.3 Å². The third-order valence-electron chi connectivity index (χ3n) is 3.61. The smallest absolute Gasteiger partial charge is 0.191 e. The van der Waals surface area contributed by atoms with E-state index in [2.05, 4.69) is 58.5 Å².